The van der Waals surface area contributed by atoms with Crippen LogP contribution >= 0.6 is 11.8 Å². The number of nitrogens with zero attached hydrogens (tertiary/aromatic N) is 2. The summed E-state index contributed by atoms with van der Waals surface area (Å²) < 4.78 is 0. The number of nitrogens with one attached hydrogen (secondary N) is 1. The van der Waals surface area contributed by atoms with Crippen molar-refractivity contribution in [2.24, 2.45) is 0 Å². The molecule has 0 saturated carbocycles. The van der Waals surface area contributed by atoms with Gasteiger partial charge in [0, 0.05) is 17.2 Å². The van der Waals surface area contributed by atoms with E-state index in [9.17, 15) is 10.1 Å². The Balaban J connectivity index is 1.98. The molecular formula is C15H13N3O2S. The van der Waals surface area contributed by atoms with Gasteiger partial charge in [-0.3, -0.25) is 10.1 Å². The van der Waals surface area contributed by atoms with Crippen LogP contribution in [0.2, 0.25) is 0 Å². The lowest BCUT2D eigenvalue weighted by molar-refractivity contribution is -0.384. The molecule has 0 radical (unpaired) electrons. The molecule has 0 amide bonds. The zero-order valence-electron chi connectivity index (χ0n) is 11.2. The van der Waals surface area contributed by atoms with Crippen molar-refractivity contribution in [1.29, 1.82) is 5.26 Å². The van der Waals surface area contributed by atoms with Crippen molar-refractivity contribution in [3.63, 3.8) is 0 Å². The number of anilines is 1. The van der Waals surface area contributed by atoms with Crippen molar-refractivity contribution >= 4 is 23.1 Å². The first kappa shape index (κ1) is 14.9. The van der Waals surface area contributed by atoms with Crippen LogP contribution in [-0.2, 0) is 0 Å². The first-order valence-electron chi connectivity index (χ1n) is 6.31. The summed E-state index contributed by atoms with van der Waals surface area (Å²) in [5.41, 5.74) is 0.290. The van der Waals surface area contributed by atoms with Crippen LogP contribution in [0.4, 0.5) is 11.4 Å². The van der Waals surface area contributed by atoms with E-state index < -0.39 is 4.92 Å². The maximum atomic E-state index is 11.1. The van der Waals surface area contributed by atoms with Crippen LogP contribution in [0.3, 0.4) is 0 Å². The van der Waals surface area contributed by atoms with Gasteiger partial charge < -0.3 is 5.32 Å². The fourth-order valence-corrected chi connectivity index (χ4v) is 2.63. The molecule has 0 saturated heterocycles. The summed E-state index contributed by atoms with van der Waals surface area (Å²) in [6.45, 7) is 0.579. The number of thioether (sulfide) groups is 1. The van der Waals surface area contributed by atoms with E-state index >= 15 is 0 Å². The lowest BCUT2D eigenvalue weighted by atomic mass is 10.1. The molecule has 2 rings (SSSR count). The van der Waals surface area contributed by atoms with Crippen molar-refractivity contribution in [2.45, 2.75) is 4.90 Å². The fraction of sp³-hybridized carbons (Fsp3) is 0.133. The van der Waals surface area contributed by atoms with E-state index in [2.05, 4.69) is 5.32 Å². The Bertz CT molecular complexity index is 668. The Morgan fingerprint density at radius 3 is 2.62 bits per heavy atom. The van der Waals surface area contributed by atoms with Crippen LogP contribution < -0.4 is 5.32 Å². The molecule has 2 aromatic rings. The summed E-state index contributed by atoms with van der Waals surface area (Å²) in [5.74, 6) is 0.776. The van der Waals surface area contributed by atoms with E-state index in [0.717, 1.165) is 10.6 Å². The molecule has 6 heteroatoms. The Kier molecular flexibility index (Phi) is 5.18. The minimum Gasteiger partial charge on any atom is -0.379 e. The molecule has 0 spiro atoms. The number of benzene rings is 2. The highest BCUT2D eigenvalue weighted by Crippen LogP contribution is 2.28. The van der Waals surface area contributed by atoms with E-state index in [4.69, 9.17) is 5.26 Å². The number of para-hydroxylation sites is 1. The zero-order chi connectivity index (χ0) is 15.1. The number of hydrogen-bond donors (Lipinski definition) is 1. The van der Waals surface area contributed by atoms with Crippen LogP contribution in [0.5, 0.6) is 0 Å². The topological polar surface area (TPSA) is 79.0 Å². The number of rotatable bonds is 6. The van der Waals surface area contributed by atoms with E-state index in [-0.39, 0.29) is 11.3 Å². The van der Waals surface area contributed by atoms with Crippen LogP contribution in [0.15, 0.2) is 53.4 Å². The summed E-state index contributed by atoms with van der Waals surface area (Å²) >= 11 is 1.67. The van der Waals surface area contributed by atoms with Gasteiger partial charge in [-0.1, -0.05) is 24.3 Å². The maximum Gasteiger partial charge on any atom is 0.309 e. The minimum absolute atomic E-state index is 0.0701. The Hall–Kier alpha value is -2.52. The zero-order valence-corrected chi connectivity index (χ0v) is 12.0. The second-order valence-corrected chi connectivity index (χ2v) is 5.33. The smallest absolute Gasteiger partial charge is 0.309 e. The SMILES string of the molecule is N#Cc1cccc(NCCSc2ccccc2)c1[N+](=O)[O-]. The molecule has 5 nitrogen and oxygen atoms in total. The molecule has 0 aromatic heterocycles. The average molecular weight is 299 g/mol. The Morgan fingerprint density at radius 1 is 1.19 bits per heavy atom. The summed E-state index contributed by atoms with van der Waals surface area (Å²) in [6.07, 6.45) is 0. The molecule has 2 aromatic carbocycles. The van der Waals surface area contributed by atoms with Crippen molar-refractivity contribution in [2.75, 3.05) is 17.6 Å². The molecule has 21 heavy (non-hydrogen) atoms. The molecule has 106 valence electrons. The summed E-state index contributed by atoms with van der Waals surface area (Å²) in [6, 6.07) is 16.5. The highest BCUT2D eigenvalue weighted by atomic mass is 32.2. The summed E-state index contributed by atoms with van der Waals surface area (Å²) in [4.78, 5) is 11.7. The monoisotopic (exact) mass is 299 g/mol. The van der Waals surface area contributed by atoms with Gasteiger partial charge in [0.2, 0.25) is 0 Å². The quantitative estimate of drug-likeness (QED) is 0.381. The van der Waals surface area contributed by atoms with E-state index in [0.29, 0.717) is 12.2 Å². The minimum atomic E-state index is -0.523. The van der Waals surface area contributed by atoms with Gasteiger partial charge in [0.25, 0.3) is 0 Å². The van der Waals surface area contributed by atoms with Gasteiger partial charge in [0.1, 0.15) is 17.3 Å². The van der Waals surface area contributed by atoms with E-state index in [1.165, 1.54) is 6.07 Å². The van der Waals surface area contributed by atoms with E-state index in [1.807, 2.05) is 36.4 Å². The number of nitro groups is 1. The lowest BCUT2D eigenvalue weighted by Crippen LogP contribution is -2.07. The predicted molar refractivity (Wildman–Crippen MR) is 83.5 cm³/mol. The fourth-order valence-electron chi connectivity index (χ4n) is 1.84. The van der Waals surface area contributed by atoms with Crippen molar-refractivity contribution in [1.82, 2.24) is 0 Å². The second-order valence-electron chi connectivity index (χ2n) is 4.16. The van der Waals surface area contributed by atoms with Gasteiger partial charge in [-0.25, -0.2) is 0 Å². The summed E-state index contributed by atoms with van der Waals surface area (Å²) in [7, 11) is 0. The standard InChI is InChI=1S/C15H13N3O2S/c16-11-12-5-4-8-14(15(12)18(19)20)17-9-10-21-13-6-2-1-3-7-13/h1-8,17H,9-10H2. The number of hydrogen-bond acceptors (Lipinski definition) is 5. The van der Waals surface area contributed by atoms with E-state index in [1.54, 1.807) is 23.9 Å². The van der Waals surface area contributed by atoms with Crippen molar-refractivity contribution in [3.05, 3.63) is 64.2 Å². The third-order valence-corrected chi connectivity index (χ3v) is 3.78. The highest BCUT2D eigenvalue weighted by Gasteiger charge is 2.18. The lowest BCUT2D eigenvalue weighted by Gasteiger charge is -2.07. The Labute approximate surface area is 126 Å². The van der Waals surface area contributed by atoms with Gasteiger partial charge in [-0.05, 0) is 24.3 Å². The Morgan fingerprint density at radius 2 is 1.95 bits per heavy atom. The molecule has 0 aliphatic heterocycles. The summed E-state index contributed by atoms with van der Waals surface area (Å²) in [5, 5.41) is 23.0. The largest absolute Gasteiger partial charge is 0.379 e. The highest BCUT2D eigenvalue weighted by molar-refractivity contribution is 7.99. The molecule has 0 bridgehead atoms. The van der Waals surface area contributed by atoms with Gasteiger partial charge in [-0.15, -0.1) is 11.8 Å². The van der Waals surface area contributed by atoms with Crippen molar-refractivity contribution in [3.8, 4) is 6.07 Å². The molecule has 0 aliphatic carbocycles. The van der Waals surface area contributed by atoms with Crippen LogP contribution in [0.1, 0.15) is 5.56 Å². The van der Waals surface area contributed by atoms with Crippen LogP contribution in [0.25, 0.3) is 0 Å². The third kappa shape index (κ3) is 3.97. The molecule has 0 unspecified atom stereocenters. The van der Waals surface area contributed by atoms with Gasteiger partial charge >= 0.3 is 5.69 Å². The number of nitro benzene ring substituents is 1. The molecule has 1 N–H and O–H groups in total. The van der Waals surface area contributed by atoms with Gasteiger partial charge in [-0.2, -0.15) is 5.26 Å². The normalized spacial score (nSPS) is 9.86. The molecule has 0 fully saturated rings. The maximum absolute atomic E-state index is 11.1. The van der Waals surface area contributed by atoms with Crippen LogP contribution in [0, 0.1) is 21.4 Å². The predicted octanol–water partition coefficient (Wildman–Crippen LogP) is 3.67. The van der Waals surface area contributed by atoms with Gasteiger partial charge in [0.05, 0.1) is 4.92 Å². The molecule has 0 heterocycles. The molecular weight excluding hydrogens is 286 g/mol. The second kappa shape index (κ2) is 7.31. The van der Waals surface area contributed by atoms with Crippen molar-refractivity contribution < 1.29 is 4.92 Å². The first-order valence-corrected chi connectivity index (χ1v) is 7.30. The molecule has 0 atom stereocenters. The average Bonchev–Trinajstić information content (AvgIpc) is 2.52. The van der Waals surface area contributed by atoms with Crippen LogP contribution in [-0.4, -0.2) is 17.2 Å². The molecule has 0 aliphatic rings. The third-order valence-electron chi connectivity index (χ3n) is 2.77. The van der Waals surface area contributed by atoms with Gasteiger partial charge in [0.15, 0.2) is 0 Å². The number of nitriles is 1. The first-order chi connectivity index (χ1) is 10.2.